The zero-order valence-electron chi connectivity index (χ0n) is 16.7. The third kappa shape index (κ3) is 20.9. The summed E-state index contributed by atoms with van der Waals surface area (Å²) in [5.41, 5.74) is 0. The smallest absolute Gasteiger partial charge is 0.306 e. The lowest BCUT2D eigenvalue weighted by molar-refractivity contribution is -0.150. The second-order valence-corrected chi connectivity index (χ2v) is 6.48. The normalized spacial score (nSPS) is 10.2. The van der Waals surface area contributed by atoms with Crippen molar-refractivity contribution >= 4 is 11.9 Å². The fraction of sp³-hybridized carbons (Fsp3) is 0.900. The van der Waals surface area contributed by atoms with Gasteiger partial charge in [-0.1, -0.05) is 78.1 Å². The lowest BCUT2D eigenvalue weighted by Crippen LogP contribution is -2.11. The van der Waals surface area contributed by atoms with Gasteiger partial charge in [0.2, 0.25) is 0 Å². The van der Waals surface area contributed by atoms with E-state index in [1.807, 2.05) is 0 Å². The van der Waals surface area contributed by atoms with Gasteiger partial charge in [0.05, 0.1) is 26.1 Å². The SMILES string of the molecule is CCCCCCCCOC(=O)CCC(=O)OCCCCCCCC.N. The molecule has 25 heavy (non-hydrogen) atoms. The predicted octanol–water partition coefficient (Wildman–Crippen LogP) is 5.74. The number of rotatable bonds is 17. The molecule has 0 atom stereocenters. The zero-order chi connectivity index (χ0) is 17.9. The van der Waals surface area contributed by atoms with E-state index in [1.54, 1.807) is 0 Å². The maximum atomic E-state index is 11.5. The van der Waals surface area contributed by atoms with Gasteiger partial charge in [-0.25, -0.2) is 0 Å². The first-order valence-electron chi connectivity index (χ1n) is 10.0. The van der Waals surface area contributed by atoms with Crippen LogP contribution in [-0.2, 0) is 19.1 Å². The van der Waals surface area contributed by atoms with E-state index in [1.165, 1.54) is 51.4 Å². The van der Waals surface area contributed by atoms with Gasteiger partial charge in [0.15, 0.2) is 0 Å². The molecule has 0 aliphatic heterocycles. The van der Waals surface area contributed by atoms with Crippen LogP contribution in [0.25, 0.3) is 0 Å². The van der Waals surface area contributed by atoms with Gasteiger partial charge in [0.1, 0.15) is 0 Å². The number of hydrogen-bond acceptors (Lipinski definition) is 5. The molecule has 0 bridgehead atoms. The van der Waals surface area contributed by atoms with Crippen molar-refractivity contribution in [3.05, 3.63) is 0 Å². The maximum absolute atomic E-state index is 11.5. The summed E-state index contributed by atoms with van der Waals surface area (Å²) in [5.74, 6) is -0.583. The number of ether oxygens (including phenoxy) is 2. The minimum Gasteiger partial charge on any atom is -0.466 e. The second-order valence-electron chi connectivity index (χ2n) is 6.48. The van der Waals surface area contributed by atoms with E-state index in [4.69, 9.17) is 9.47 Å². The maximum Gasteiger partial charge on any atom is 0.306 e. The molecular formula is C20H41NO4. The largest absolute Gasteiger partial charge is 0.466 e. The van der Waals surface area contributed by atoms with Gasteiger partial charge in [-0.2, -0.15) is 0 Å². The highest BCUT2D eigenvalue weighted by atomic mass is 16.5. The highest BCUT2D eigenvalue weighted by molar-refractivity contribution is 5.77. The lowest BCUT2D eigenvalue weighted by atomic mass is 10.1. The molecular weight excluding hydrogens is 318 g/mol. The molecule has 0 spiro atoms. The quantitative estimate of drug-likeness (QED) is 0.264. The van der Waals surface area contributed by atoms with Crippen molar-refractivity contribution in [1.82, 2.24) is 6.15 Å². The summed E-state index contributed by atoms with van der Waals surface area (Å²) in [7, 11) is 0. The van der Waals surface area contributed by atoms with E-state index >= 15 is 0 Å². The van der Waals surface area contributed by atoms with Gasteiger partial charge < -0.3 is 15.6 Å². The van der Waals surface area contributed by atoms with Crippen LogP contribution in [0.4, 0.5) is 0 Å². The molecule has 0 radical (unpaired) electrons. The molecule has 150 valence electrons. The summed E-state index contributed by atoms with van der Waals surface area (Å²) in [6.45, 7) is 5.33. The Bertz CT molecular complexity index is 278. The standard InChI is InChI=1S/C20H38O4.H3N/c1-3-5-7-9-11-13-17-23-19(21)15-16-20(22)24-18-14-12-10-8-6-4-2;/h3-18H2,1-2H3;1H3. The van der Waals surface area contributed by atoms with E-state index in [9.17, 15) is 9.59 Å². The van der Waals surface area contributed by atoms with E-state index in [0.717, 1.165) is 25.7 Å². The molecule has 0 aromatic carbocycles. The van der Waals surface area contributed by atoms with Crippen molar-refractivity contribution in [2.24, 2.45) is 0 Å². The van der Waals surface area contributed by atoms with Gasteiger partial charge in [-0.05, 0) is 12.8 Å². The van der Waals surface area contributed by atoms with Gasteiger partial charge in [0, 0.05) is 0 Å². The Kier molecular flexibility index (Phi) is 21.9. The van der Waals surface area contributed by atoms with Crippen molar-refractivity contribution in [1.29, 1.82) is 0 Å². The van der Waals surface area contributed by atoms with Crippen LogP contribution < -0.4 is 6.15 Å². The number of hydrogen-bond donors (Lipinski definition) is 1. The van der Waals surface area contributed by atoms with Crippen LogP contribution >= 0.6 is 0 Å². The monoisotopic (exact) mass is 359 g/mol. The van der Waals surface area contributed by atoms with Crippen LogP contribution in [-0.4, -0.2) is 25.2 Å². The van der Waals surface area contributed by atoms with Crippen molar-refractivity contribution in [2.45, 2.75) is 104 Å². The summed E-state index contributed by atoms with van der Waals surface area (Å²) < 4.78 is 10.3. The highest BCUT2D eigenvalue weighted by Gasteiger charge is 2.08. The van der Waals surface area contributed by atoms with E-state index in [-0.39, 0.29) is 30.9 Å². The molecule has 5 heteroatoms. The summed E-state index contributed by atoms with van der Waals surface area (Å²) in [5, 5.41) is 0. The molecule has 0 saturated heterocycles. The van der Waals surface area contributed by atoms with Crippen LogP contribution in [0.2, 0.25) is 0 Å². The number of esters is 2. The van der Waals surface area contributed by atoms with E-state index in [0.29, 0.717) is 13.2 Å². The molecule has 0 amide bonds. The Morgan fingerprint density at radius 2 is 0.880 bits per heavy atom. The summed E-state index contributed by atoms with van der Waals surface area (Å²) in [6.07, 6.45) is 14.3. The molecule has 0 saturated carbocycles. The van der Waals surface area contributed by atoms with Gasteiger partial charge in [-0.15, -0.1) is 0 Å². The van der Waals surface area contributed by atoms with Crippen LogP contribution in [0.3, 0.4) is 0 Å². The molecule has 0 aliphatic rings. The predicted molar refractivity (Wildman–Crippen MR) is 103 cm³/mol. The molecule has 0 unspecified atom stereocenters. The number of unbranched alkanes of at least 4 members (excludes halogenated alkanes) is 10. The second kappa shape index (κ2) is 20.9. The average molecular weight is 360 g/mol. The van der Waals surface area contributed by atoms with Crippen LogP contribution in [0.15, 0.2) is 0 Å². The molecule has 0 aromatic rings. The molecule has 0 heterocycles. The first kappa shape index (κ1) is 26.1. The Morgan fingerprint density at radius 1 is 0.560 bits per heavy atom. The van der Waals surface area contributed by atoms with Gasteiger partial charge in [-0.3, -0.25) is 9.59 Å². The van der Waals surface area contributed by atoms with Gasteiger partial charge in [0.25, 0.3) is 0 Å². The summed E-state index contributed by atoms with van der Waals surface area (Å²) in [6, 6.07) is 0. The molecule has 0 aromatic heterocycles. The fourth-order valence-electron chi connectivity index (χ4n) is 2.49. The minimum absolute atomic E-state index is 0. The Labute approximate surface area is 154 Å². The van der Waals surface area contributed by atoms with Crippen molar-refractivity contribution in [3.8, 4) is 0 Å². The van der Waals surface area contributed by atoms with E-state index < -0.39 is 0 Å². The molecule has 0 fully saturated rings. The Hall–Kier alpha value is -1.10. The number of carbonyl (C=O) groups is 2. The van der Waals surface area contributed by atoms with Crippen LogP contribution in [0.5, 0.6) is 0 Å². The highest BCUT2D eigenvalue weighted by Crippen LogP contribution is 2.07. The third-order valence-electron chi connectivity index (χ3n) is 4.06. The van der Waals surface area contributed by atoms with Crippen LogP contribution in [0, 0.1) is 0 Å². The molecule has 0 rings (SSSR count). The van der Waals surface area contributed by atoms with Crippen LogP contribution in [0.1, 0.15) is 104 Å². The summed E-state index contributed by atoms with van der Waals surface area (Å²) >= 11 is 0. The lowest BCUT2D eigenvalue weighted by Gasteiger charge is -2.06. The zero-order valence-corrected chi connectivity index (χ0v) is 16.7. The third-order valence-corrected chi connectivity index (χ3v) is 4.06. The first-order valence-corrected chi connectivity index (χ1v) is 10.0. The molecule has 5 nitrogen and oxygen atoms in total. The fourth-order valence-corrected chi connectivity index (χ4v) is 2.49. The molecule has 3 N–H and O–H groups in total. The van der Waals surface area contributed by atoms with Crippen molar-refractivity contribution in [2.75, 3.05) is 13.2 Å². The average Bonchev–Trinajstić information content (AvgIpc) is 2.58. The Morgan fingerprint density at radius 3 is 1.24 bits per heavy atom. The van der Waals surface area contributed by atoms with E-state index in [2.05, 4.69) is 13.8 Å². The molecule has 0 aliphatic carbocycles. The topological polar surface area (TPSA) is 87.6 Å². The van der Waals surface area contributed by atoms with Crippen molar-refractivity contribution in [3.63, 3.8) is 0 Å². The minimum atomic E-state index is -0.292. The Balaban J connectivity index is 0. The summed E-state index contributed by atoms with van der Waals surface area (Å²) in [4.78, 5) is 23.1. The number of carbonyl (C=O) groups excluding carboxylic acids is 2. The van der Waals surface area contributed by atoms with Crippen molar-refractivity contribution < 1.29 is 19.1 Å². The first-order chi connectivity index (χ1) is 11.7. The van der Waals surface area contributed by atoms with Gasteiger partial charge >= 0.3 is 11.9 Å².